The van der Waals surface area contributed by atoms with Gasteiger partial charge in [0.1, 0.15) is 0 Å². The minimum Gasteiger partial charge on any atom is -0.313 e. The fourth-order valence-electron chi connectivity index (χ4n) is 2.31. The molecule has 1 saturated carbocycles. The second-order valence-corrected chi connectivity index (χ2v) is 4.02. The van der Waals surface area contributed by atoms with Crippen molar-refractivity contribution in [1.29, 1.82) is 0 Å². The van der Waals surface area contributed by atoms with Crippen LogP contribution in [0.25, 0.3) is 0 Å². The molecule has 0 aromatic carbocycles. The summed E-state index contributed by atoms with van der Waals surface area (Å²) in [6.07, 6.45) is 11.2. The third-order valence-electron chi connectivity index (χ3n) is 3.14. The van der Waals surface area contributed by atoms with Crippen molar-refractivity contribution >= 4 is 0 Å². The molecule has 1 heteroatoms. The topological polar surface area (TPSA) is 12.0 Å². The first kappa shape index (κ1) is 10.8. The van der Waals surface area contributed by atoms with Crippen molar-refractivity contribution in [1.82, 2.24) is 5.32 Å². The van der Waals surface area contributed by atoms with E-state index in [0.717, 1.165) is 18.5 Å². The van der Waals surface area contributed by atoms with Gasteiger partial charge in [0.2, 0.25) is 0 Å². The molecule has 0 amide bonds. The van der Waals surface area contributed by atoms with Gasteiger partial charge in [-0.3, -0.25) is 0 Å². The maximum atomic E-state index is 3.67. The van der Waals surface area contributed by atoms with Crippen LogP contribution >= 0.6 is 0 Å². The molecule has 1 aliphatic carbocycles. The first-order valence-corrected chi connectivity index (χ1v) is 5.73. The van der Waals surface area contributed by atoms with Crippen molar-refractivity contribution < 1.29 is 0 Å². The Hall–Kier alpha value is -0.300. The summed E-state index contributed by atoms with van der Waals surface area (Å²) >= 11 is 0. The molecule has 2 unspecified atom stereocenters. The van der Waals surface area contributed by atoms with Gasteiger partial charge in [-0.15, -0.1) is 0 Å². The third kappa shape index (κ3) is 3.51. The van der Waals surface area contributed by atoms with E-state index in [2.05, 4.69) is 31.3 Å². The quantitative estimate of drug-likeness (QED) is 0.507. The number of hydrogen-bond donors (Lipinski definition) is 1. The van der Waals surface area contributed by atoms with Gasteiger partial charge in [-0.1, -0.05) is 31.9 Å². The molecule has 0 radical (unpaired) electrons. The van der Waals surface area contributed by atoms with Gasteiger partial charge in [0.25, 0.3) is 0 Å². The molecule has 0 heterocycles. The molecule has 0 aromatic heterocycles. The fourth-order valence-corrected chi connectivity index (χ4v) is 2.31. The Kier molecular flexibility index (Phi) is 5.14. The maximum Gasteiger partial charge on any atom is 0.00953 e. The Morgan fingerprint density at radius 3 is 2.92 bits per heavy atom. The van der Waals surface area contributed by atoms with Gasteiger partial charge < -0.3 is 5.32 Å². The Bertz CT molecular complexity index is 151. The molecule has 76 valence electrons. The third-order valence-corrected chi connectivity index (χ3v) is 3.14. The molecule has 2 atom stereocenters. The zero-order chi connectivity index (χ0) is 9.52. The Balaban J connectivity index is 2.12. The largest absolute Gasteiger partial charge is 0.313 e. The molecule has 0 aliphatic heterocycles. The van der Waals surface area contributed by atoms with Crippen molar-refractivity contribution in [2.24, 2.45) is 5.92 Å². The Morgan fingerprint density at radius 2 is 2.23 bits per heavy atom. The highest BCUT2D eigenvalue weighted by Gasteiger charge is 2.24. The van der Waals surface area contributed by atoms with E-state index in [4.69, 9.17) is 0 Å². The summed E-state index contributed by atoms with van der Waals surface area (Å²) in [5.74, 6) is 0.950. The van der Waals surface area contributed by atoms with Crippen molar-refractivity contribution in [3.05, 3.63) is 12.2 Å². The average Bonchev–Trinajstić information content (AvgIpc) is 2.60. The van der Waals surface area contributed by atoms with Gasteiger partial charge in [-0.05, 0) is 38.6 Å². The zero-order valence-electron chi connectivity index (χ0n) is 9.05. The summed E-state index contributed by atoms with van der Waals surface area (Å²) in [6, 6.07) is 0.815. The van der Waals surface area contributed by atoms with E-state index in [1.54, 1.807) is 0 Å². The van der Waals surface area contributed by atoms with Crippen LogP contribution in [0.3, 0.4) is 0 Å². The number of hydrogen-bond acceptors (Lipinski definition) is 1. The molecular weight excluding hydrogens is 158 g/mol. The smallest absolute Gasteiger partial charge is 0.00953 e. The molecule has 0 bridgehead atoms. The molecule has 0 aromatic rings. The monoisotopic (exact) mass is 181 g/mol. The van der Waals surface area contributed by atoms with Crippen LogP contribution in [0.4, 0.5) is 0 Å². The van der Waals surface area contributed by atoms with Crippen molar-refractivity contribution in [3.8, 4) is 0 Å². The standard InChI is InChI=1S/C12H23N/c1-3-5-6-10-13-12-9-7-8-11(12)4-2/h3,5,11-13H,4,6-10H2,1-2H3/b5-3+. The summed E-state index contributed by atoms with van der Waals surface area (Å²) in [6.45, 7) is 5.56. The molecule has 1 fully saturated rings. The molecular formula is C12H23N. The summed E-state index contributed by atoms with van der Waals surface area (Å²) in [4.78, 5) is 0. The van der Waals surface area contributed by atoms with Crippen molar-refractivity contribution in [2.45, 2.75) is 52.0 Å². The zero-order valence-corrected chi connectivity index (χ0v) is 9.05. The molecule has 0 spiro atoms. The van der Waals surface area contributed by atoms with E-state index in [9.17, 15) is 0 Å². The molecule has 13 heavy (non-hydrogen) atoms. The van der Waals surface area contributed by atoms with Gasteiger partial charge >= 0.3 is 0 Å². The van der Waals surface area contributed by atoms with Crippen LogP contribution in [0.2, 0.25) is 0 Å². The SMILES string of the molecule is C/C=C/CCNC1CCCC1CC. The highest BCUT2D eigenvalue weighted by molar-refractivity contribution is 4.84. The van der Waals surface area contributed by atoms with Crippen LogP contribution in [0.1, 0.15) is 46.0 Å². The lowest BCUT2D eigenvalue weighted by molar-refractivity contribution is 0.394. The molecule has 1 aliphatic rings. The highest BCUT2D eigenvalue weighted by Crippen LogP contribution is 2.27. The number of rotatable bonds is 5. The maximum absolute atomic E-state index is 3.67. The molecule has 1 nitrogen and oxygen atoms in total. The van der Waals surface area contributed by atoms with Crippen molar-refractivity contribution in [3.63, 3.8) is 0 Å². The van der Waals surface area contributed by atoms with Crippen LogP contribution in [-0.2, 0) is 0 Å². The fraction of sp³-hybridized carbons (Fsp3) is 0.833. The average molecular weight is 181 g/mol. The van der Waals surface area contributed by atoms with E-state index in [1.165, 1.54) is 32.1 Å². The van der Waals surface area contributed by atoms with Gasteiger partial charge in [-0.25, -0.2) is 0 Å². The van der Waals surface area contributed by atoms with Crippen LogP contribution in [-0.4, -0.2) is 12.6 Å². The van der Waals surface area contributed by atoms with Gasteiger partial charge in [0.15, 0.2) is 0 Å². The minimum absolute atomic E-state index is 0.815. The van der Waals surface area contributed by atoms with Gasteiger partial charge in [-0.2, -0.15) is 0 Å². The van der Waals surface area contributed by atoms with E-state index in [1.807, 2.05) is 0 Å². The summed E-state index contributed by atoms with van der Waals surface area (Å²) in [7, 11) is 0. The van der Waals surface area contributed by atoms with E-state index < -0.39 is 0 Å². The lowest BCUT2D eigenvalue weighted by Crippen LogP contribution is -2.32. The Labute approximate surface area is 82.6 Å². The summed E-state index contributed by atoms with van der Waals surface area (Å²) < 4.78 is 0. The predicted molar refractivity (Wildman–Crippen MR) is 58.9 cm³/mol. The molecule has 1 rings (SSSR count). The highest BCUT2D eigenvalue weighted by atomic mass is 14.9. The Morgan fingerprint density at radius 1 is 1.38 bits per heavy atom. The summed E-state index contributed by atoms with van der Waals surface area (Å²) in [5, 5.41) is 3.67. The molecule has 1 N–H and O–H groups in total. The van der Waals surface area contributed by atoms with E-state index in [0.29, 0.717) is 0 Å². The lowest BCUT2D eigenvalue weighted by atomic mass is 10.0. The first-order chi connectivity index (χ1) is 6.38. The summed E-state index contributed by atoms with van der Waals surface area (Å²) in [5.41, 5.74) is 0. The van der Waals surface area contributed by atoms with Crippen LogP contribution in [0.5, 0.6) is 0 Å². The van der Waals surface area contributed by atoms with E-state index >= 15 is 0 Å². The molecule has 0 saturated heterocycles. The van der Waals surface area contributed by atoms with Crippen molar-refractivity contribution in [2.75, 3.05) is 6.54 Å². The van der Waals surface area contributed by atoms with Crippen LogP contribution in [0, 0.1) is 5.92 Å². The minimum atomic E-state index is 0.815. The van der Waals surface area contributed by atoms with Gasteiger partial charge in [0.05, 0.1) is 0 Å². The number of nitrogens with one attached hydrogen (secondary N) is 1. The second-order valence-electron chi connectivity index (χ2n) is 4.02. The lowest BCUT2D eigenvalue weighted by Gasteiger charge is -2.18. The first-order valence-electron chi connectivity index (χ1n) is 5.73. The van der Waals surface area contributed by atoms with Crippen LogP contribution < -0.4 is 5.32 Å². The van der Waals surface area contributed by atoms with E-state index in [-0.39, 0.29) is 0 Å². The van der Waals surface area contributed by atoms with Gasteiger partial charge in [0, 0.05) is 6.04 Å². The number of allylic oxidation sites excluding steroid dienone is 1. The second kappa shape index (κ2) is 6.20. The van der Waals surface area contributed by atoms with Crippen LogP contribution in [0.15, 0.2) is 12.2 Å². The predicted octanol–water partition coefficient (Wildman–Crippen LogP) is 3.12. The normalized spacial score (nSPS) is 28.8.